The Hall–Kier alpha value is -0.380. The molecule has 1 N–H and O–H groups in total. The Morgan fingerprint density at radius 1 is 1.20 bits per heavy atom. The quantitative estimate of drug-likeness (QED) is 0.807. The molecule has 0 unspecified atom stereocenters. The van der Waals surface area contributed by atoms with Crippen molar-refractivity contribution in [3.63, 3.8) is 0 Å². The third-order valence-corrected chi connectivity index (χ3v) is 6.13. The van der Waals surface area contributed by atoms with Gasteiger partial charge >= 0.3 is 0 Å². The minimum Gasteiger partial charge on any atom is -0.396 e. The van der Waals surface area contributed by atoms with Gasteiger partial charge in [-0.15, -0.1) is 0 Å². The van der Waals surface area contributed by atoms with Crippen LogP contribution in [0, 0.1) is 23.2 Å². The van der Waals surface area contributed by atoms with Crippen LogP contribution in [0.5, 0.6) is 0 Å². The molecule has 0 amide bonds. The lowest BCUT2D eigenvalue weighted by Crippen LogP contribution is -2.43. The Balaban J connectivity index is 1.91. The van der Waals surface area contributed by atoms with Crippen LogP contribution in [-0.2, 0) is 9.47 Å². The van der Waals surface area contributed by atoms with Crippen LogP contribution >= 0.6 is 0 Å². The van der Waals surface area contributed by atoms with Crippen LogP contribution in [-0.4, -0.2) is 30.7 Å². The molecule has 20 heavy (non-hydrogen) atoms. The molecule has 1 aliphatic heterocycles. The van der Waals surface area contributed by atoms with Gasteiger partial charge in [0.1, 0.15) is 0 Å². The zero-order chi connectivity index (χ0) is 14.5. The fourth-order valence-electron chi connectivity index (χ4n) is 4.68. The molecule has 0 aromatic carbocycles. The second kappa shape index (κ2) is 4.82. The highest BCUT2D eigenvalue weighted by molar-refractivity contribution is 5.28. The molecule has 0 aromatic rings. The molecule has 2 saturated carbocycles. The van der Waals surface area contributed by atoms with Crippen LogP contribution in [0.15, 0.2) is 11.1 Å². The number of aliphatic hydroxyl groups is 1. The van der Waals surface area contributed by atoms with Crippen molar-refractivity contribution in [2.24, 2.45) is 23.2 Å². The molecule has 3 nitrogen and oxygen atoms in total. The van der Waals surface area contributed by atoms with Crippen LogP contribution in [0.1, 0.15) is 47.0 Å². The van der Waals surface area contributed by atoms with Crippen molar-refractivity contribution >= 4 is 0 Å². The number of hydrogen-bond acceptors (Lipinski definition) is 3. The van der Waals surface area contributed by atoms with E-state index in [2.05, 4.69) is 27.7 Å². The largest absolute Gasteiger partial charge is 0.396 e. The highest BCUT2D eigenvalue weighted by Crippen LogP contribution is 2.59. The van der Waals surface area contributed by atoms with E-state index < -0.39 is 5.79 Å². The third kappa shape index (κ3) is 2.15. The van der Waals surface area contributed by atoms with Crippen molar-refractivity contribution in [3.05, 3.63) is 11.1 Å². The Morgan fingerprint density at radius 3 is 2.30 bits per heavy atom. The molecule has 3 aliphatic rings. The highest BCUT2D eigenvalue weighted by atomic mass is 16.7. The van der Waals surface area contributed by atoms with Gasteiger partial charge in [-0.05, 0) is 50.4 Å². The fourth-order valence-corrected chi connectivity index (χ4v) is 4.68. The lowest BCUT2D eigenvalue weighted by atomic mass is 9.71. The molecule has 3 atom stereocenters. The molecule has 3 heteroatoms. The van der Waals surface area contributed by atoms with Gasteiger partial charge in [-0.1, -0.05) is 25.0 Å². The highest BCUT2D eigenvalue weighted by Gasteiger charge is 2.58. The molecule has 3 rings (SSSR count). The first-order chi connectivity index (χ1) is 9.40. The third-order valence-electron chi connectivity index (χ3n) is 6.13. The first-order valence-electron chi connectivity index (χ1n) is 7.97. The van der Waals surface area contributed by atoms with Crippen molar-refractivity contribution in [2.45, 2.75) is 52.7 Å². The Morgan fingerprint density at radius 2 is 1.80 bits per heavy atom. The minimum atomic E-state index is -0.472. The predicted octanol–water partition coefficient (Wildman–Crippen LogP) is 3.13. The topological polar surface area (TPSA) is 38.7 Å². The molecule has 0 spiro atoms. The number of ether oxygens (including phenoxy) is 2. The maximum absolute atomic E-state index is 9.96. The minimum absolute atomic E-state index is 0.0369. The van der Waals surface area contributed by atoms with Gasteiger partial charge in [0, 0.05) is 12.5 Å². The van der Waals surface area contributed by atoms with Crippen LogP contribution < -0.4 is 0 Å². The lowest BCUT2D eigenvalue weighted by Gasteiger charge is -2.40. The summed E-state index contributed by atoms with van der Waals surface area (Å²) < 4.78 is 11.9. The Bertz CT molecular complexity index is 412. The zero-order valence-electron chi connectivity index (χ0n) is 13.2. The molecule has 1 saturated heterocycles. The fraction of sp³-hybridized carbons (Fsp3) is 0.882. The van der Waals surface area contributed by atoms with E-state index in [-0.39, 0.29) is 12.0 Å². The van der Waals surface area contributed by atoms with Gasteiger partial charge in [0.15, 0.2) is 5.79 Å². The number of rotatable bonds is 3. The van der Waals surface area contributed by atoms with Gasteiger partial charge in [0.25, 0.3) is 0 Å². The van der Waals surface area contributed by atoms with Crippen molar-refractivity contribution in [2.75, 3.05) is 19.8 Å². The predicted molar refractivity (Wildman–Crippen MR) is 78.2 cm³/mol. The molecule has 114 valence electrons. The maximum Gasteiger partial charge on any atom is 0.169 e. The van der Waals surface area contributed by atoms with Gasteiger partial charge in [0.05, 0.1) is 13.2 Å². The molecule has 0 aromatic heterocycles. The van der Waals surface area contributed by atoms with Gasteiger partial charge in [-0.3, -0.25) is 0 Å². The molecular weight excluding hydrogens is 252 g/mol. The summed E-state index contributed by atoms with van der Waals surface area (Å²) in [5.41, 5.74) is 3.18. The van der Waals surface area contributed by atoms with E-state index in [1.54, 1.807) is 5.57 Å². The second-order valence-electron chi connectivity index (χ2n) is 7.50. The number of allylic oxidation sites excluding steroid dienone is 2. The average molecular weight is 280 g/mol. The summed E-state index contributed by atoms with van der Waals surface area (Å²) in [5.74, 6) is 0.668. The van der Waals surface area contributed by atoms with E-state index in [1.807, 2.05) is 0 Å². The molecule has 0 bridgehead atoms. The SMILES string of the molecule is CC(=C1CC1)[C@@H]1C[C@H](C2(C)OCCO2)C(C)(C)[C@@H]1CO. The molecular formula is C17H28O3. The van der Waals surface area contributed by atoms with Crippen LogP contribution in [0.3, 0.4) is 0 Å². The average Bonchev–Trinajstić information content (AvgIpc) is 3.09. The van der Waals surface area contributed by atoms with Gasteiger partial charge in [-0.2, -0.15) is 0 Å². The number of hydrogen-bond donors (Lipinski definition) is 1. The summed E-state index contributed by atoms with van der Waals surface area (Å²) in [4.78, 5) is 0. The first-order valence-corrected chi connectivity index (χ1v) is 7.97. The Labute approximate surface area is 122 Å². The van der Waals surface area contributed by atoms with Gasteiger partial charge in [0.2, 0.25) is 0 Å². The van der Waals surface area contributed by atoms with E-state index in [1.165, 1.54) is 18.4 Å². The summed E-state index contributed by atoms with van der Waals surface area (Å²) in [6.07, 6.45) is 3.59. The van der Waals surface area contributed by atoms with E-state index in [9.17, 15) is 5.11 Å². The van der Waals surface area contributed by atoms with Gasteiger partial charge in [-0.25, -0.2) is 0 Å². The molecule has 3 fully saturated rings. The maximum atomic E-state index is 9.96. The van der Waals surface area contributed by atoms with E-state index >= 15 is 0 Å². The number of aliphatic hydroxyl groups excluding tert-OH is 1. The van der Waals surface area contributed by atoms with E-state index in [0.717, 1.165) is 6.42 Å². The summed E-state index contributed by atoms with van der Waals surface area (Å²) in [7, 11) is 0. The summed E-state index contributed by atoms with van der Waals surface area (Å²) >= 11 is 0. The van der Waals surface area contributed by atoms with E-state index in [0.29, 0.717) is 31.0 Å². The monoisotopic (exact) mass is 280 g/mol. The molecule has 0 radical (unpaired) electrons. The van der Waals surface area contributed by atoms with Crippen LogP contribution in [0.4, 0.5) is 0 Å². The zero-order valence-corrected chi connectivity index (χ0v) is 13.2. The summed E-state index contributed by atoms with van der Waals surface area (Å²) in [5, 5.41) is 9.96. The normalized spacial score (nSPS) is 38.2. The molecule has 1 heterocycles. The smallest absolute Gasteiger partial charge is 0.169 e. The Kier molecular flexibility index (Phi) is 3.51. The summed E-state index contributed by atoms with van der Waals surface area (Å²) in [6.45, 7) is 10.6. The van der Waals surface area contributed by atoms with Crippen molar-refractivity contribution in [1.82, 2.24) is 0 Å². The standard InChI is InChI=1S/C17H28O3/c1-11(12-5-6-12)13-9-15(16(2,3)14(13)10-18)17(4)19-7-8-20-17/h13-15,18H,5-10H2,1-4H3/t13-,14+,15-/m0/s1. The second-order valence-corrected chi connectivity index (χ2v) is 7.50. The van der Waals surface area contributed by atoms with Gasteiger partial charge < -0.3 is 14.6 Å². The van der Waals surface area contributed by atoms with Crippen LogP contribution in [0.25, 0.3) is 0 Å². The van der Waals surface area contributed by atoms with Crippen molar-refractivity contribution < 1.29 is 14.6 Å². The van der Waals surface area contributed by atoms with Crippen LogP contribution in [0.2, 0.25) is 0 Å². The van der Waals surface area contributed by atoms with E-state index in [4.69, 9.17) is 9.47 Å². The first kappa shape index (κ1) is 14.6. The van der Waals surface area contributed by atoms with Crippen molar-refractivity contribution in [1.29, 1.82) is 0 Å². The van der Waals surface area contributed by atoms with Crippen molar-refractivity contribution in [3.8, 4) is 0 Å². The summed E-state index contributed by atoms with van der Waals surface area (Å²) in [6, 6.07) is 0. The lowest BCUT2D eigenvalue weighted by molar-refractivity contribution is -0.203. The molecule has 2 aliphatic carbocycles.